The third-order valence-electron chi connectivity index (χ3n) is 11.6. The van der Waals surface area contributed by atoms with E-state index in [1.54, 1.807) is 0 Å². The molecule has 3 heterocycles. The van der Waals surface area contributed by atoms with Gasteiger partial charge in [-0.25, -0.2) is 0 Å². The smallest absolute Gasteiger partial charge is 0.139 e. The molecule has 0 fully saturated rings. The van der Waals surface area contributed by atoms with Crippen LogP contribution >= 0.6 is 15.8 Å². The van der Waals surface area contributed by atoms with Crippen LogP contribution < -0.4 is 36.6 Å². The van der Waals surface area contributed by atoms with Crippen LogP contribution in [0.4, 0.5) is 0 Å². The fourth-order valence-corrected chi connectivity index (χ4v) is 14.1. The van der Waals surface area contributed by atoms with Crippen LogP contribution in [-0.4, -0.2) is 0 Å². The molecule has 3 aliphatic rings. The third kappa shape index (κ3) is 5.34. The van der Waals surface area contributed by atoms with E-state index in [1.165, 1.54) is 76.3 Å². The van der Waals surface area contributed by atoms with Gasteiger partial charge in [0, 0.05) is 27.2 Å². The second kappa shape index (κ2) is 12.0. The molecule has 0 spiro atoms. The summed E-state index contributed by atoms with van der Waals surface area (Å²) in [5.41, 5.74) is 10.8. The maximum atomic E-state index is 7.71. The Morgan fingerprint density at radius 2 is 0.750 bits per heavy atom. The highest BCUT2D eigenvalue weighted by Crippen LogP contribution is 2.55. The van der Waals surface area contributed by atoms with Gasteiger partial charge in [0.15, 0.2) is 0 Å². The third-order valence-corrected chi connectivity index (χ3v) is 16.9. The van der Waals surface area contributed by atoms with Gasteiger partial charge >= 0.3 is 0 Å². The van der Waals surface area contributed by atoms with Gasteiger partial charge < -0.3 is 4.74 Å². The molecule has 0 N–H and O–H groups in total. The zero-order valence-corrected chi connectivity index (χ0v) is 33.6. The Bertz CT molecular complexity index is 2150. The number of hydrogen-bond acceptors (Lipinski definition) is 1. The Morgan fingerprint density at radius 1 is 0.442 bits per heavy atom. The standard InChI is InChI=1S/C49H48OP2/c1-47(2,3)35-27-37-45(43(29-35)51-39-21-13-9-17-31(39)25-32-18-10-14-22-40(32)51)50-46-38(49(37,7)8)28-36(48(4,5)6)30-44(46)52-41-23-15-11-19-33(41)26-34-20-12-16-24-42(34)52/h9-24,27-30H,25-26H2,1-8H3. The highest BCUT2D eigenvalue weighted by molar-refractivity contribution is 7.80. The van der Waals surface area contributed by atoms with Crippen LogP contribution in [0.25, 0.3) is 0 Å². The summed E-state index contributed by atoms with van der Waals surface area (Å²) in [7, 11) is -1.72. The lowest BCUT2D eigenvalue weighted by Crippen LogP contribution is -2.37. The van der Waals surface area contributed by atoms with Crippen LogP contribution in [0.3, 0.4) is 0 Å². The van der Waals surface area contributed by atoms with Gasteiger partial charge in [0.05, 0.1) is 0 Å². The van der Waals surface area contributed by atoms with Gasteiger partial charge in [-0.15, -0.1) is 0 Å². The van der Waals surface area contributed by atoms with E-state index in [4.69, 9.17) is 4.74 Å². The molecule has 0 saturated carbocycles. The average molecular weight is 715 g/mol. The van der Waals surface area contributed by atoms with Crippen LogP contribution in [0, 0.1) is 0 Å². The molecule has 0 atom stereocenters. The first-order chi connectivity index (χ1) is 24.8. The number of hydrogen-bond donors (Lipinski definition) is 0. The molecule has 6 aromatic carbocycles. The first kappa shape index (κ1) is 33.8. The van der Waals surface area contributed by atoms with Crippen molar-refractivity contribution >= 4 is 47.7 Å². The van der Waals surface area contributed by atoms with Crippen LogP contribution in [0.2, 0.25) is 0 Å². The largest absolute Gasteiger partial charge is 0.455 e. The van der Waals surface area contributed by atoms with E-state index < -0.39 is 15.8 Å². The summed E-state index contributed by atoms with van der Waals surface area (Å²) < 4.78 is 7.71. The molecular weight excluding hydrogens is 666 g/mol. The molecule has 6 aromatic rings. The lowest BCUT2D eigenvalue weighted by atomic mass is 9.72. The fraction of sp³-hybridized carbons (Fsp3) is 0.265. The first-order valence-corrected chi connectivity index (χ1v) is 21.5. The maximum Gasteiger partial charge on any atom is 0.139 e. The Balaban J connectivity index is 1.36. The highest BCUT2D eigenvalue weighted by Gasteiger charge is 2.43. The summed E-state index contributed by atoms with van der Waals surface area (Å²) in [5, 5.41) is 8.52. The lowest BCUT2D eigenvalue weighted by molar-refractivity contribution is 0.421. The van der Waals surface area contributed by atoms with Crippen molar-refractivity contribution < 1.29 is 4.74 Å². The van der Waals surface area contributed by atoms with Crippen LogP contribution in [0.15, 0.2) is 121 Å². The minimum Gasteiger partial charge on any atom is -0.455 e. The molecule has 260 valence electrons. The first-order valence-electron chi connectivity index (χ1n) is 18.8. The van der Waals surface area contributed by atoms with Crippen LogP contribution in [0.1, 0.15) is 99.9 Å². The van der Waals surface area contributed by atoms with Crippen molar-refractivity contribution in [2.75, 3.05) is 0 Å². The van der Waals surface area contributed by atoms with Crippen LogP contribution in [0.5, 0.6) is 11.5 Å². The molecule has 1 nitrogen and oxygen atoms in total. The molecule has 0 saturated heterocycles. The fourth-order valence-electron chi connectivity index (χ4n) is 8.52. The van der Waals surface area contributed by atoms with Crippen molar-refractivity contribution in [3.05, 3.63) is 166 Å². The molecule has 3 heteroatoms. The molecule has 3 aliphatic heterocycles. The summed E-state index contributed by atoms with van der Waals surface area (Å²) >= 11 is 0. The monoisotopic (exact) mass is 714 g/mol. The Hall–Kier alpha value is -4.02. The summed E-state index contributed by atoms with van der Waals surface area (Å²) in [4.78, 5) is 0. The summed E-state index contributed by atoms with van der Waals surface area (Å²) in [6.07, 6.45) is 1.95. The SMILES string of the molecule is CC(C)(C)c1cc(P2c3ccccc3Cc3ccccc32)c2c(c1)C(C)(C)c1cc(C(C)(C)C)cc(P3c4ccccc4Cc4ccccc43)c1O2. The normalized spacial score (nSPS) is 16.1. The van der Waals surface area contributed by atoms with Gasteiger partial charge in [-0.1, -0.05) is 165 Å². The van der Waals surface area contributed by atoms with E-state index >= 15 is 0 Å². The zero-order valence-electron chi connectivity index (χ0n) is 31.8. The van der Waals surface area contributed by atoms with Crippen molar-refractivity contribution in [2.45, 2.75) is 84.5 Å². The predicted molar refractivity (Wildman–Crippen MR) is 226 cm³/mol. The maximum absolute atomic E-state index is 7.71. The van der Waals surface area contributed by atoms with Gasteiger partial charge in [0.1, 0.15) is 11.5 Å². The Kier molecular flexibility index (Phi) is 7.80. The van der Waals surface area contributed by atoms with E-state index in [-0.39, 0.29) is 16.2 Å². The predicted octanol–water partition coefficient (Wildman–Crippen LogP) is 10.0. The molecular formula is C49H48OP2. The van der Waals surface area contributed by atoms with Gasteiger partial charge in [-0.3, -0.25) is 0 Å². The van der Waals surface area contributed by atoms with Crippen molar-refractivity contribution in [1.29, 1.82) is 0 Å². The number of rotatable bonds is 2. The molecule has 0 unspecified atom stereocenters. The Morgan fingerprint density at radius 3 is 1.06 bits per heavy atom. The van der Waals surface area contributed by atoms with E-state index in [1.807, 2.05) is 0 Å². The molecule has 0 radical (unpaired) electrons. The summed E-state index contributed by atoms with van der Waals surface area (Å²) in [6.45, 7) is 19.0. The van der Waals surface area contributed by atoms with Gasteiger partial charge in [-0.05, 0) is 106 Å². The second-order valence-corrected chi connectivity index (χ2v) is 21.7. The van der Waals surface area contributed by atoms with Crippen LogP contribution in [-0.2, 0) is 29.1 Å². The minimum atomic E-state index is -0.860. The van der Waals surface area contributed by atoms with E-state index in [0.717, 1.165) is 24.3 Å². The number of fused-ring (bicyclic) bond motifs is 6. The summed E-state index contributed by atoms with van der Waals surface area (Å²) in [5.74, 6) is 2.14. The van der Waals surface area contributed by atoms with Crippen molar-refractivity contribution in [1.82, 2.24) is 0 Å². The number of benzene rings is 6. The van der Waals surface area contributed by atoms with E-state index in [2.05, 4.69) is 177 Å². The molecule has 0 aliphatic carbocycles. The molecule has 0 amide bonds. The zero-order chi connectivity index (χ0) is 36.2. The summed E-state index contributed by atoms with van der Waals surface area (Å²) in [6, 6.07) is 46.7. The molecule has 52 heavy (non-hydrogen) atoms. The molecule has 0 aromatic heterocycles. The topological polar surface area (TPSA) is 9.23 Å². The molecule has 9 rings (SSSR count). The van der Waals surface area contributed by atoms with Gasteiger partial charge in [0.2, 0.25) is 0 Å². The van der Waals surface area contributed by atoms with Gasteiger partial charge in [-0.2, -0.15) is 0 Å². The second-order valence-electron chi connectivity index (χ2n) is 17.5. The van der Waals surface area contributed by atoms with Crippen molar-refractivity contribution in [2.24, 2.45) is 0 Å². The van der Waals surface area contributed by atoms with E-state index in [0.29, 0.717) is 0 Å². The lowest BCUT2D eigenvalue weighted by Gasteiger charge is -2.42. The van der Waals surface area contributed by atoms with Crippen molar-refractivity contribution in [3.63, 3.8) is 0 Å². The minimum absolute atomic E-state index is 0.0263. The quantitative estimate of drug-likeness (QED) is 0.162. The highest BCUT2D eigenvalue weighted by atomic mass is 31.1. The molecule has 0 bridgehead atoms. The van der Waals surface area contributed by atoms with E-state index in [9.17, 15) is 0 Å². The van der Waals surface area contributed by atoms with Gasteiger partial charge in [0.25, 0.3) is 0 Å². The van der Waals surface area contributed by atoms with Crippen molar-refractivity contribution in [3.8, 4) is 11.5 Å². The number of ether oxygens (including phenoxy) is 1. The average Bonchev–Trinajstić information content (AvgIpc) is 3.11. The Labute approximate surface area is 313 Å².